The molecular formula is C16H18F2N4O4S. The van der Waals surface area contributed by atoms with Crippen LogP contribution in [0.15, 0.2) is 27.6 Å². The molecule has 0 aliphatic carbocycles. The van der Waals surface area contributed by atoms with E-state index in [9.17, 15) is 22.0 Å². The lowest BCUT2D eigenvalue weighted by Crippen LogP contribution is -2.43. The second-order valence-corrected chi connectivity index (χ2v) is 8.06. The van der Waals surface area contributed by atoms with Crippen LogP contribution < -0.4 is 5.32 Å². The zero-order chi connectivity index (χ0) is 19.6. The van der Waals surface area contributed by atoms with Crippen molar-refractivity contribution in [3.05, 3.63) is 41.5 Å². The number of carbonyl (C=O) groups is 1. The Labute approximate surface area is 154 Å². The normalized spacial score (nSPS) is 16.4. The third-order valence-corrected chi connectivity index (χ3v) is 6.28. The van der Waals surface area contributed by atoms with Crippen LogP contribution in [0.3, 0.4) is 0 Å². The van der Waals surface area contributed by atoms with Crippen molar-refractivity contribution in [3.8, 4) is 0 Å². The van der Waals surface area contributed by atoms with Gasteiger partial charge >= 0.3 is 0 Å². The van der Waals surface area contributed by atoms with Gasteiger partial charge in [0, 0.05) is 19.0 Å². The number of halogens is 2. The number of hydrogen-bond donors (Lipinski definition) is 1. The predicted molar refractivity (Wildman–Crippen MR) is 88.7 cm³/mol. The van der Waals surface area contributed by atoms with Crippen molar-refractivity contribution >= 4 is 15.9 Å². The van der Waals surface area contributed by atoms with Gasteiger partial charge in [0.05, 0.1) is 6.54 Å². The number of hydrogen-bond acceptors (Lipinski definition) is 6. The van der Waals surface area contributed by atoms with Gasteiger partial charge in [0.25, 0.3) is 0 Å². The summed E-state index contributed by atoms with van der Waals surface area (Å²) in [5.74, 6) is -2.21. The van der Waals surface area contributed by atoms with Gasteiger partial charge in [-0.25, -0.2) is 17.2 Å². The van der Waals surface area contributed by atoms with Crippen molar-refractivity contribution in [2.24, 2.45) is 5.92 Å². The molecule has 0 bridgehead atoms. The van der Waals surface area contributed by atoms with Crippen molar-refractivity contribution in [1.29, 1.82) is 0 Å². The molecule has 3 rings (SSSR count). The van der Waals surface area contributed by atoms with Crippen LogP contribution >= 0.6 is 0 Å². The number of carbonyl (C=O) groups excluding carboxylic acids is 1. The molecule has 1 aromatic heterocycles. The van der Waals surface area contributed by atoms with Gasteiger partial charge < -0.3 is 9.84 Å². The molecule has 1 N–H and O–H groups in total. The molecule has 8 nitrogen and oxygen atoms in total. The first-order valence-electron chi connectivity index (χ1n) is 8.30. The minimum absolute atomic E-state index is 0.00609. The highest BCUT2D eigenvalue weighted by molar-refractivity contribution is 7.89. The van der Waals surface area contributed by atoms with E-state index in [1.165, 1.54) is 0 Å². The zero-order valence-corrected chi connectivity index (χ0v) is 15.3. The van der Waals surface area contributed by atoms with Crippen LogP contribution in [0.5, 0.6) is 0 Å². The highest BCUT2D eigenvalue weighted by Crippen LogP contribution is 2.27. The molecule has 0 unspecified atom stereocenters. The molecule has 1 aromatic carbocycles. The lowest BCUT2D eigenvalue weighted by Gasteiger charge is -2.30. The number of piperidine rings is 1. The third kappa shape index (κ3) is 4.14. The summed E-state index contributed by atoms with van der Waals surface area (Å²) in [6.45, 7) is 1.73. The molecule has 11 heteroatoms. The minimum Gasteiger partial charge on any atom is -0.347 e. The maximum atomic E-state index is 13.8. The van der Waals surface area contributed by atoms with Crippen molar-refractivity contribution in [3.63, 3.8) is 0 Å². The summed E-state index contributed by atoms with van der Waals surface area (Å²) in [5.41, 5.74) is 0. The van der Waals surface area contributed by atoms with Crippen LogP contribution in [0.2, 0.25) is 0 Å². The summed E-state index contributed by atoms with van der Waals surface area (Å²) in [6, 6.07) is 2.90. The van der Waals surface area contributed by atoms with Gasteiger partial charge in [-0.1, -0.05) is 11.2 Å². The van der Waals surface area contributed by atoms with Gasteiger partial charge in [-0.15, -0.1) is 0 Å². The van der Waals surface area contributed by atoms with Gasteiger partial charge in [-0.2, -0.15) is 9.29 Å². The van der Waals surface area contributed by atoms with Crippen LogP contribution in [0, 0.1) is 24.5 Å². The van der Waals surface area contributed by atoms with Gasteiger partial charge in [-0.05, 0) is 31.9 Å². The van der Waals surface area contributed by atoms with E-state index >= 15 is 0 Å². The fourth-order valence-corrected chi connectivity index (χ4v) is 4.51. The Morgan fingerprint density at radius 2 is 1.93 bits per heavy atom. The summed E-state index contributed by atoms with van der Waals surface area (Å²) < 4.78 is 58.7. The third-order valence-electron chi connectivity index (χ3n) is 4.33. The highest BCUT2D eigenvalue weighted by atomic mass is 32.2. The lowest BCUT2D eigenvalue weighted by molar-refractivity contribution is -0.126. The average molecular weight is 400 g/mol. The fourth-order valence-electron chi connectivity index (χ4n) is 2.94. The molecular weight excluding hydrogens is 382 g/mol. The number of rotatable bonds is 5. The number of nitrogens with one attached hydrogen (secondary N) is 1. The number of aromatic nitrogens is 2. The molecule has 0 spiro atoms. The van der Waals surface area contributed by atoms with Gasteiger partial charge in [0.15, 0.2) is 10.7 Å². The van der Waals surface area contributed by atoms with Crippen molar-refractivity contribution in [1.82, 2.24) is 19.8 Å². The molecule has 1 aliphatic rings. The topological polar surface area (TPSA) is 105 Å². The number of benzene rings is 1. The first-order valence-corrected chi connectivity index (χ1v) is 9.74. The molecule has 1 saturated heterocycles. The molecule has 2 aromatic rings. The second kappa shape index (κ2) is 7.69. The Bertz CT molecular complexity index is 919. The van der Waals surface area contributed by atoms with E-state index in [0.29, 0.717) is 5.82 Å². The minimum atomic E-state index is -4.31. The molecule has 1 fully saturated rings. The quantitative estimate of drug-likeness (QED) is 0.813. The second-order valence-electron chi connectivity index (χ2n) is 6.18. The Morgan fingerprint density at radius 1 is 1.30 bits per heavy atom. The van der Waals surface area contributed by atoms with Crippen LogP contribution in [0.4, 0.5) is 8.78 Å². The van der Waals surface area contributed by atoms with Crippen LogP contribution in [-0.4, -0.2) is 41.9 Å². The first kappa shape index (κ1) is 19.4. The zero-order valence-electron chi connectivity index (χ0n) is 14.5. The molecule has 0 saturated carbocycles. The van der Waals surface area contributed by atoms with E-state index in [1.54, 1.807) is 6.92 Å². The fraction of sp³-hybridized carbons (Fsp3) is 0.438. The van der Waals surface area contributed by atoms with E-state index in [0.717, 1.165) is 22.5 Å². The maximum absolute atomic E-state index is 13.8. The number of nitrogens with zero attached hydrogens (tertiary/aromatic N) is 3. The van der Waals surface area contributed by atoms with Crippen LogP contribution in [0.25, 0.3) is 0 Å². The molecule has 1 aliphatic heterocycles. The number of aryl methyl sites for hydroxylation is 1. The van der Waals surface area contributed by atoms with Crippen LogP contribution in [-0.2, 0) is 21.4 Å². The predicted octanol–water partition coefficient (Wildman–Crippen LogP) is 1.37. The summed E-state index contributed by atoms with van der Waals surface area (Å²) in [6.07, 6.45) is 0.480. The smallest absolute Gasteiger partial charge is 0.248 e. The van der Waals surface area contributed by atoms with Gasteiger partial charge in [0.1, 0.15) is 11.6 Å². The Kier molecular flexibility index (Phi) is 5.51. The number of amides is 1. The van der Waals surface area contributed by atoms with E-state index in [2.05, 4.69) is 15.5 Å². The molecule has 27 heavy (non-hydrogen) atoms. The molecule has 2 heterocycles. The standard InChI is InChI=1S/C16H18F2N4O4S/c1-10-20-14(26-21-10)9-19-16(23)11-5-7-22(8-6-11)27(24,25)15-12(17)3-2-4-13(15)18/h2-4,11H,5-9H2,1H3,(H,19,23). The van der Waals surface area contributed by atoms with Crippen molar-refractivity contribution in [2.45, 2.75) is 31.2 Å². The largest absolute Gasteiger partial charge is 0.347 e. The summed E-state index contributed by atoms with van der Waals surface area (Å²) in [5, 5.41) is 6.28. The first-order chi connectivity index (χ1) is 12.8. The number of sulfonamides is 1. The van der Waals surface area contributed by atoms with E-state index in [1.807, 2.05) is 0 Å². The molecule has 0 radical (unpaired) electrons. The highest BCUT2D eigenvalue weighted by Gasteiger charge is 2.35. The Morgan fingerprint density at radius 3 is 2.48 bits per heavy atom. The maximum Gasteiger partial charge on any atom is 0.248 e. The van der Waals surface area contributed by atoms with E-state index in [-0.39, 0.29) is 44.3 Å². The average Bonchev–Trinajstić information content (AvgIpc) is 3.05. The van der Waals surface area contributed by atoms with E-state index in [4.69, 9.17) is 4.52 Å². The Hall–Kier alpha value is -2.40. The van der Waals surface area contributed by atoms with Gasteiger partial charge in [0.2, 0.25) is 21.8 Å². The SMILES string of the molecule is Cc1noc(CNC(=O)C2CCN(S(=O)(=O)c3c(F)cccc3F)CC2)n1. The van der Waals surface area contributed by atoms with E-state index < -0.39 is 32.5 Å². The summed E-state index contributed by atoms with van der Waals surface area (Å²) >= 11 is 0. The molecule has 1 amide bonds. The van der Waals surface area contributed by atoms with Crippen LogP contribution in [0.1, 0.15) is 24.6 Å². The molecule has 146 valence electrons. The van der Waals surface area contributed by atoms with Gasteiger partial charge in [-0.3, -0.25) is 4.79 Å². The summed E-state index contributed by atoms with van der Waals surface area (Å²) in [4.78, 5) is 15.2. The molecule has 0 atom stereocenters. The lowest BCUT2D eigenvalue weighted by atomic mass is 9.97. The Balaban J connectivity index is 1.60. The van der Waals surface area contributed by atoms with Crippen molar-refractivity contribution in [2.75, 3.05) is 13.1 Å². The monoisotopic (exact) mass is 400 g/mol. The van der Waals surface area contributed by atoms with Crippen molar-refractivity contribution < 1.29 is 26.5 Å². The summed E-state index contributed by atoms with van der Waals surface area (Å²) in [7, 11) is -4.31.